The molecule has 32 heavy (non-hydrogen) atoms. The highest BCUT2D eigenvalue weighted by Gasteiger charge is 2.15. The lowest BCUT2D eigenvalue weighted by Crippen LogP contribution is -2.30. The van der Waals surface area contributed by atoms with Crippen molar-refractivity contribution in [3.05, 3.63) is 88.0 Å². The van der Waals surface area contributed by atoms with Crippen LogP contribution in [-0.2, 0) is 11.4 Å². The van der Waals surface area contributed by atoms with Gasteiger partial charge in [-0.25, -0.2) is 4.98 Å². The van der Waals surface area contributed by atoms with E-state index >= 15 is 0 Å². The lowest BCUT2D eigenvalue weighted by Gasteiger charge is -2.15. The highest BCUT2D eigenvalue weighted by molar-refractivity contribution is 5.94. The third-order valence-electron chi connectivity index (χ3n) is 4.72. The van der Waals surface area contributed by atoms with Gasteiger partial charge in [-0.2, -0.15) is 0 Å². The van der Waals surface area contributed by atoms with Crippen molar-refractivity contribution in [2.45, 2.75) is 33.5 Å². The van der Waals surface area contributed by atoms with Gasteiger partial charge in [-0.05, 0) is 45.0 Å². The van der Waals surface area contributed by atoms with Gasteiger partial charge in [0.2, 0.25) is 0 Å². The van der Waals surface area contributed by atoms with Gasteiger partial charge in [-0.3, -0.25) is 9.59 Å². The number of amides is 1. The molecule has 8 nitrogen and oxygen atoms in total. The number of anilines is 1. The SMILES string of the molecule is Cc1ccc(O[C@@H](C)C(=O)Nc2cccc(OCc3cc(=O)n4oc(C)cc4n3)c2)cc1. The Bertz CT molecular complexity index is 1310. The fourth-order valence-electron chi connectivity index (χ4n) is 3.09. The second-order valence-corrected chi connectivity index (χ2v) is 7.46. The number of nitrogens with one attached hydrogen (secondary N) is 1. The second-order valence-electron chi connectivity index (χ2n) is 7.46. The van der Waals surface area contributed by atoms with Gasteiger partial charge in [0.25, 0.3) is 11.5 Å². The van der Waals surface area contributed by atoms with Gasteiger partial charge in [0.15, 0.2) is 11.8 Å². The van der Waals surface area contributed by atoms with E-state index in [1.807, 2.05) is 31.2 Å². The van der Waals surface area contributed by atoms with Crippen LogP contribution in [0.15, 0.2) is 70.0 Å². The first-order valence-corrected chi connectivity index (χ1v) is 10.1. The van der Waals surface area contributed by atoms with Crippen molar-refractivity contribution in [3.8, 4) is 11.5 Å². The van der Waals surface area contributed by atoms with Crippen molar-refractivity contribution in [2.24, 2.45) is 0 Å². The predicted molar refractivity (Wildman–Crippen MR) is 119 cm³/mol. The smallest absolute Gasteiger partial charge is 0.287 e. The third-order valence-corrected chi connectivity index (χ3v) is 4.72. The van der Waals surface area contributed by atoms with Crippen molar-refractivity contribution in [3.63, 3.8) is 0 Å². The number of ether oxygens (including phenoxy) is 2. The Kier molecular flexibility index (Phi) is 5.93. The zero-order valence-corrected chi connectivity index (χ0v) is 18.0. The first-order chi connectivity index (χ1) is 15.4. The maximum Gasteiger partial charge on any atom is 0.287 e. The molecule has 0 spiro atoms. The molecule has 4 aromatic rings. The van der Waals surface area contributed by atoms with E-state index in [0.717, 1.165) is 10.1 Å². The molecular weight excluding hydrogens is 410 g/mol. The summed E-state index contributed by atoms with van der Waals surface area (Å²) in [6.45, 7) is 5.52. The first-order valence-electron chi connectivity index (χ1n) is 10.1. The number of hydrogen-bond acceptors (Lipinski definition) is 6. The number of hydrogen-bond donors (Lipinski definition) is 1. The number of benzene rings is 2. The highest BCUT2D eigenvalue weighted by atomic mass is 16.5. The van der Waals surface area contributed by atoms with Gasteiger partial charge in [0, 0.05) is 23.9 Å². The summed E-state index contributed by atoms with van der Waals surface area (Å²) in [4.78, 5) is 29.0. The van der Waals surface area contributed by atoms with Crippen molar-refractivity contribution < 1.29 is 18.8 Å². The van der Waals surface area contributed by atoms with E-state index in [-0.39, 0.29) is 18.1 Å². The molecule has 8 heteroatoms. The topological polar surface area (TPSA) is 95.1 Å². The Morgan fingerprint density at radius 3 is 2.66 bits per heavy atom. The van der Waals surface area contributed by atoms with Gasteiger partial charge in [-0.1, -0.05) is 23.8 Å². The van der Waals surface area contributed by atoms with Gasteiger partial charge in [-0.15, -0.1) is 4.57 Å². The van der Waals surface area contributed by atoms with E-state index in [4.69, 9.17) is 14.0 Å². The molecule has 1 N–H and O–H groups in total. The molecule has 1 atom stereocenters. The molecule has 1 amide bonds. The normalized spacial score (nSPS) is 11.8. The fraction of sp³-hybridized carbons (Fsp3) is 0.208. The van der Waals surface area contributed by atoms with Gasteiger partial charge < -0.3 is 19.3 Å². The molecule has 4 rings (SSSR count). The van der Waals surface area contributed by atoms with Crippen molar-refractivity contribution in [2.75, 3.05) is 5.32 Å². The van der Waals surface area contributed by atoms with Crippen LogP contribution < -0.4 is 20.3 Å². The summed E-state index contributed by atoms with van der Waals surface area (Å²) in [5.74, 6) is 1.47. The van der Waals surface area contributed by atoms with Crippen LogP contribution in [0.4, 0.5) is 5.69 Å². The minimum atomic E-state index is -0.676. The van der Waals surface area contributed by atoms with Crippen LogP contribution in [-0.4, -0.2) is 21.6 Å². The summed E-state index contributed by atoms with van der Waals surface area (Å²) in [5.41, 5.74) is 2.28. The number of aromatic nitrogens is 2. The molecule has 0 bridgehead atoms. The molecule has 164 valence electrons. The van der Waals surface area contributed by atoms with Crippen LogP contribution in [0.1, 0.15) is 23.9 Å². The zero-order valence-electron chi connectivity index (χ0n) is 18.0. The molecule has 0 aliphatic carbocycles. The average molecular weight is 433 g/mol. The Hall–Kier alpha value is -4.07. The van der Waals surface area contributed by atoms with E-state index in [0.29, 0.717) is 34.3 Å². The van der Waals surface area contributed by atoms with E-state index in [1.165, 1.54) is 6.07 Å². The number of fused-ring (bicyclic) bond motifs is 1. The third kappa shape index (κ3) is 4.97. The van der Waals surface area contributed by atoms with Crippen LogP contribution >= 0.6 is 0 Å². The monoisotopic (exact) mass is 433 g/mol. The van der Waals surface area contributed by atoms with Crippen LogP contribution in [0.2, 0.25) is 0 Å². The predicted octanol–water partition coefficient (Wildman–Crippen LogP) is 3.89. The van der Waals surface area contributed by atoms with Gasteiger partial charge in [0.1, 0.15) is 23.9 Å². The highest BCUT2D eigenvalue weighted by Crippen LogP contribution is 2.20. The standard InChI is InChI=1S/C24H23N3O5/c1-15-7-9-20(10-8-15)31-17(3)24(29)26-18-5-4-6-21(12-18)30-14-19-13-23(28)27-22(25-19)11-16(2)32-27/h4-13,17H,14H2,1-3H3,(H,26,29)/t17-/m0/s1. The molecule has 0 aliphatic heterocycles. The van der Waals surface area contributed by atoms with Crippen LogP contribution in [0.25, 0.3) is 5.65 Å². The largest absolute Gasteiger partial charge is 0.487 e. The molecule has 0 radical (unpaired) electrons. The maximum absolute atomic E-state index is 12.5. The van der Waals surface area contributed by atoms with Crippen LogP contribution in [0.3, 0.4) is 0 Å². The first kappa shape index (κ1) is 21.2. The minimum absolute atomic E-state index is 0.0975. The summed E-state index contributed by atoms with van der Waals surface area (Å²) in [7, 11) is 0. The lowest BCUT2D eigenvalue weighted by molar-refractivity contribution is -0.122. The van der Waals surface area contributed by atoms with E-state index in [2.05, 4.69) is 10.3 Å². The number of carbonyl (C=O) groups is 1. The Morgan fingerprint density at radius 2 is 1.88 bits per heavy atom. The second kappa shape index (κ2) is 8.97. The van der Waals surface area contributed by atoms with Crippen molar-refractivity contribution >= 4 is 17.2 Å². The van der Waals surface area contributed by atoms with Gasteiger partial charge >= 0.3 is 0 Å². The summed E-state index contributed by atoms with van der Waals surface area (Å²) in [6.07, 6.45) is -0.676. The quantitative estimate of drug-likeness (QED) is 0.475. The molecule has 0 saturated carbocycles. The van der Waals surface area contributed by atoms with E-state index in [1.54, 1.807) is 44.2 Å². The summed E-state index contributed by atoms with van der Waals surface area (Å²) >= 11 is 0. The molecule has 0 unspecified atom stereocenters. The molecular formula is C24H23N3O5. The number of carbonyl (C=O) groups excluding carboxylic acids is 1. The molecule has 0 fully saturated rings. The molecule has 0 saturated heterocycles. The maximum atomic E-state index is 12.5. The Morgan fingerprint density at radius 1 is 1.09 bits per heavy atom. The molecule has 2 heterocycles. The summed E-state index contributed by atoms with van der Waals surface area (Å²) in [6, 6.07) is 17.5. The zero-order chi connectivity index (χ0) is 22.7. The molecule has 2 aromatic heterocycles. The van der Waals surface area contributed by atoms with Crippen LogP contribution in [0, 0.1) is 13.8 Å². The van der Waals surface area contributed by atoms with Gasteiger partial charge in [0.05, 0.1) is 5.69 Å². The van der Waals surface area contributed by atoms with E-state index < -0.39 is 6.10 Å². The Labute approximate surface area is 184 Å². The lowest BCUT2D eigenvalue weighted by atomic mass is 10.2. The number of nitrogens with zero attached hydrogens (tertiary/aromatic N) is 2. The average Bonchev–Trinajstić information content (AvgIpc) is 3.15. The molecule has 2 aromatic carbocycles. The van der Waals surface area contributed by atoms with Crippen molar-refractivity contribution in [1.29, 1.82) is 0 Å². The van der Waals surface area contributed by atoms with Crippen molar-refractivity contribution in [1.82, 2.24) is 9.56 Å². The summed E-state index contributed by atoms with van der Waals surface area (Å²) in [5, 5.41) is 2.82. The minimum Gasteiger partial charge on any atom is -0.487 e. The summed E-state index contributed by atoms with van der Waals surface area (Å²) < 4.78 is 17.9. The number of aryl methyl sites for hydroxylation is 2. The van der Waals surface area contributed by atoms with Crippen LogP contribution in [0.5, 0.6) is 11.5 Å². The Balaban J connectivity index is 1.38. The molecule has 0 aliphatic rings. The van der Waals surface area contributed by atoms with E-state index in [9.17, 15) is 9.59 Å². The number of rotatable bonds is 7. The fourth-order valence-corrected chi connectivity index (χ4v) is 3.09.